The first kappa shape index (κ1) is 19.0. The fourth-order valence-corrected chi connectivity index (χ4v) is 4.79. The number of methoxy groups -OCH3 is 2. The average Bonchev–Trinajstić information content (AvgIpc) is 2.65. The maximum Gasteiger partial charge on any atom is 0.251 e. The molecule has 2 bridgehead atoms. The van der Waals surface area contributed by atoms with Gasteiger partial charge in [-0.1, -0.05) is 13.3 Å². The maximum atomic E-state index is 12.7. The van der Waals surface area contributed by atoms with Crippen LogP contribution in [0.25, 0.3) is 0 Å². The summed E-state index contributed by atoms with van der Waals surface area (Å²) in [5, 5.41) is 3.28. The molecule has 144 valence electrons. The van der Waals surface area contributed by atoms with Crippen LogP contribution in [0.1, 0.15) is 62.2 Å². The van der Waals surface area contributed by atoms with Crippen molar-refractivity contribution in [2.24, 2.45) is 0 Å². The summed E-state index contributed by atoms with van der Waals surface area (Å²) >= 11 is 0. The normalized spacial score (nSPS) is 27.7. The zero-order chi connectivity index (χ0) is 18.5. The quantitative estimate of drug-likeness (QED) is 0.783. The molecule has 4 atom stereocenters. The molecular weight excluding hydrogens is 328 g/mol. The second kappa shape index (κ2) is 8.76. The Bertz CT molecular complexity index is 605. The minimum Gasteiger partial charge on any atom is -0.493 e. The Morgan fingerprint density at radius 2 is 1.85 bits per heavy atom. The van der Waals surface area contributed by atoms with Crippen LogP contribution >= 0.6 is 0 Å². The minimum absolute atomic E-state index is 0.00830. The lowest BCUT2D eigenvalue weighted by molar-refractivity contribution is -0.961. The average molecular weight is 362 g/mol. The Labute approximate surface area is 157 Å². The topological polar surface area (TPSA) is 52.0 Å². The fraction of sp³-hybridized carbons (Fsp3) is 0.667. The Hall–Kier alpha value is -1.75. The number of amides is 1. The van der Waals surface area contributed by atoms with Crippen molar-refractivity contribution in [1.82, 2.24) is 5.32 Å². The third-order valence-corrected chi connectivity index (χ3v) is 6.09. The van der Waals surface area contributed by atoms with Gasteiger partial charge in [-0.3, -0.25) is 4.79 Å². The molecular formula is C21H33N2O3+. The molecule has 1 aromatic rings. The van der Waals surface area contributed by atoms with E-state index in [0.717, 1.165) is 12.8 Å². The molecule has 0 spiro atoms. The molecule has 0 aliphatic carbocycles. The van der Waals surface area contributed by atoms with Gasteiger partial charge >= 0.3 is 0 Å². The molecule has 0 aromatic heterocycles. The zero-order valence-electron chi connectivity index (χ0n) is 16.3. The Balaban J connectivity index is 1.64. The van der Waals surface area contributed by atoms with Crippen molar-refractivity contribution >= 4 is 5.91 Å². The summed E-state index contributed by atoms with van der Waals surface area (Å²) in [4.78, 5) is 14.5. The molecule has 0 saturated carbocycles. The van der Waals surface area contributed by atoms with Crippen LogP contribution in [0.4, 0.5) is 0 Å². The van der Waals surface area contributed by atoms with E-state index in [2.05, 4.69) is 12.2 Å². The number of hydrogen-bond donors (Lipinski definition) is 2. The van der Waals surface area contributed by atoms with E-state index in [9.17, 15) is 4.79 Å². The standard InChI is InChI=1S/C21H32N2O3/c1-4-5-11-23-17-7-6-8-18(23)14-16(13-17)22-21(24)15-9-10-19(25-2)20(12-15)26-3/h9-10,12,16-18H,4-8,11,13-14H2,1-3H3,(H,22,24)/p+1/t16?,17-,18+. The predicted molar refractivity (Wildman–Crippen MR) is 102 cm³/mol. The van der Waals surface area contributed by atoms with Gasteiger partial charge in [0, 0.05) is 24.4 Å². The molecule has 2 aliphatic rings. The second-order valence-electron chi connectivity index (χ2n) is 7.71. The van der Waals surface area contributed by atoms with E-state index < -0.39 is 0 Å². The largest absolute Gasteiger partial charge is 0.493 e. The molecule has 2 heterocycles. The SMILES string of the molecule is CCCC[NH+]1[C@@H]2CCC[C@H]1CC(NC(=O)c1ccc(OC)c(OC)c1)C2. The number of rotatable bonds is 7. The van der Waals surface area contributed by atoms with Gasteiger partial charge in [-0.05, 0) is 43.9 Å². The molecule has 26 heavy (non-hydrogen) atoms. The van der Waals surface area contributed by atoms with Gasteiger partial charge in [0.1, 0.15) is 0 Å². The first-order valence-corrected chi connectivity index (χ1v) is 10.0. The molecule has 5 heteroatoms. The molecule has 2 saturated heterocycles. The van der Waals surface area contributed by atoms with Gasteiger partial charge in [-0.25, -0.2) is 0 Å². The number of hydrogen-bond acceptors (Lipinski definition) is 3. The number of piperidine rings is 2. The molecule has 2 aliphatic heterocycles. The lowest BCUT2D eigenvalue weighted by atomic mass is 9.81. The number of unbranched alkanes of at least 4 members (excludes halogenated alkanes) is 1. The smallest absolute Gasteiger partial charge is 0.251 e. The highest BCUT2D eigenvalue weighted by atomic mass is 16.5. The molecule has 2 N–H and O–H groups in total. The van der Waals surface area contributed by atoms with Crippen molar-refractivity contribution in [1.29, 1.82) is 0 Å². The summed E-state index contributed by atoms with van der Waals surface area (Å²) in [5.41, 5.74) is 0.633. The number of ether oxygens (including phenoxy) is 2. The Kier molecular flexibility index (Phi) is 6.41. The minimum atomic E-state index is -0.00830. The van der Waals surface area contributed by atoms with Gasteiger partial charge in [0.05, 0.1) is 32.8 Å². The molecule has 1 amide bonds. The Morgan fingerprint density at radius 1 is 1.15 bits per heavy atom. The van der Waals surface area contributed by atoms with Crippen molar-refractivity contribution in [3.05, 3.63) is 23.8 Å². The summed E-state index contributed by atoms with van der Waals surface area (Å²) in [7, 11) is 3.19. The van der Waals surface area contributed by atoms with Gasteiger partial charge in [-0.2, -0.15) is 0 Å². The van der Waals surface area contributed by atoms with Gasteiger partial charge in [0.25, 0.3) is 5.91 Å². The molecule has 5 nitrogen and oxygen atoms in total. The summed E-state index contributed by atoms with van der Waals surface area (Å²) in [6.07, 6.45) is 8.74. The monoisotopic (exact) mass is 361 g/mol. The Morgan fingerprint density at radius 3 is 2.46 bits per heavy atom. The van der Waals surface area contributed by atoms with Crippen LogP contribution in [0.5, 0.6) is 11.5 Å². The van der Waals surface area contributed by atoms with E-state index >= 15 is 0 Å². The van der Waals surface area contributed by atoms with Crippen LogP contribution in [0.3, 0.4) is 0 Å². The van der Waals surface area contributed by atoms with E-state index in [4.69, 9.17) is 9.47 Å². The third kappa shape index (κ3) is 4.14. The number of benzene rings is 1. The van der Waals surface area contributed by atoms with E-state index in [1.54, 1.807) is 37.3 Å². The van der Waals surface area contributed by atoms with Crippen LogP contribution in [0.15, 0.2) is 18.2 Å². The lowest BCUT2D eigenvalue weighted by Gasteiger charge is -2.46. The highest BCUT2D eigenvalue weighted by Crippen LogP contribution is 2.28. The van der Waals surface area contributed by atoms with Crippen LogP contribution in [-0.2, 0) is 0 Å². The highest BCUT2D eigenvalue weighted by molar-refractivity contribution is 5.95. The van der Waals surface area contributed by atoms with Crippen molar-refractivity contribution in [2.45, 2.75) is 70.0 Å². The van der Waals surface area contributed by atoms with E-state index in [0.29, 0.717) is 29.1 Å². The lowest BCUT2D eigenvalue weighted by Crippen LogP contribution is -3.21. The summed E-state index contributed by atoms with van der Waals surface area (Å²) in [5.74, 6) is 1.23. The number of quaternary nitrogens is 1. The van der Waals surface area contributed by atoms with Crippen molar-refractivity contribution in [2.75, 3.05) is 20.8 Å². The van der Waals surface area contributed by atoms with Crippen molar-refractivity contribution in [3.63, 3.8) is 0 Å². The van der Waals surface area contributed by atoms with Gasteiger partial charge in [0.15, 0.2) is 11.5 Å². The molecule has 0 radical (unpaired) electrons. The third-order valence-electron chi connectivity index (χ3n) is 6.09. The van der Waals surface area contributed by atoms with Gasteiger partial charge in [-0.15, -0.1) is 0 Å². The molecule has 1 aromatic carbocycles. The van der Waals surface area contributed by atoms with Crippen molar-refractivity contribution < 1.29 is 19.2 Å². The molecule has 3 rings (SSSR count). The summed E-state index contributed by atoms with van der Waals surface area (Å²) in [6, 6.07) is 7.07. The van der Waals surface area contributed by atoms with Crippen LogP contribution in [0.2, 0.25) is 0 Å². The summed E-state index contributed by atoms with van der Waals surface area (Å²) in [6.45, 7) is 3.56. The molecule has 2 unspecified atom stereocenters. The van der Waals surface area contributed by atoms with Crippen LogP contribution in [-0.4, -0.2) is 44.8 Å². The van der Waals surface area contributed by atoms with E-state index in [-0.39, 0.29) is 11.9 Å². The second-order valence-corrected chi connectivity index (χ2v) is 7.71. The summed E-state index contributed by atoms with van der Waals surface area (Å²) < 4.78 is 10.6. The maximum absolute atomic E-state index is 12.7. The van der Waals surface area contributed by atoms with Crippen LogP contribution in [0, 0.1) is 0 Å². The van der Waals surface area contributed by atoms with E-state index in [1.807, 2.05) is 0 Å². The number of nitrogens with one attached hydrogen (secondary N) is 2. The van der Waals surface area contributed by atoms with Gasteiger partial charge < -0.3 is 19.7 Å². The fourth-order valence-electron chi connectivity index (χ4n) is 4.79. The van der Waals surface area contributed by atoms with E-state index in [1.165, 1.54) is 38.6 Å². The zero-order valence-corrected chi connectivity index (χ0v) is 16.3. The number of carbonyl (C=O) groups excluding carboxylic acids is 1. The number of carbonyl (C=O) groups is 1. The first-order valence-electron chi connectivity index (χ1n) is 10.0. The highest BCUT2D eigenvalue weighted by Gasteiger charge is 2.41. The molecule has 2 fully saturated rings. The van der Waals surface area contributed by atoms with Gasteiger partial charge in [0.2, 0.25) is 0 Å². The first-order chi connectivity index (χ1) is 12.7. The number of fused-ring (bicyclic) bond motifs is 2. The van der Waals surface area contributed by atoms with Crippen LogP contribution < -0.4 is 19.7 Å². The van der Waals surface area contributed by atoms with Crippen molar-refractivity contribution in [3.8, 4) is 11.5 Å². The predicted octanol–water partition coefficient (Wildman–Crippen LogP) is 2.20.